The second-order valence-corrected chi connectivity index (χ2v) is 8.09. The largest absolute Gasteiger partial charge is 0.350 e. The number of nitrogens with two attached hydrogens (primary N) is 2. The molecule has 2 atom stereocenters. The molecule has 0 fully saturated rings. The number of hydrogen-bond donors (Lipinski definition) is 3. The van der Waals surface area contributed by atoms with E-state index in [1.54, 1.807) is 7.05 Å². The molecule has 6 nitrogen and oxygen atoms in total. The molecule has 6 heteroatoms. The van der Waals surface area contributed by atoms with E-state index in [0.717, 1.165) is 21.9 Å². The summed E-state index contributed by atoms with van der Waals surface area (Å²) >= 11 is 0. The standard InChI is InChI=1S/C26H32N4O2/c1-30(24(12-7-15-27)25(31)29-18-19-8-3-2-4-9-19)26(32)23(28)17-20-13-14-21-10-5-6-11-22(21)16-20/h2-6,8-11,13-14,16,23-24H,7,12,15,17-18,27-28H2,1H3,(H,29,31)/t23-,24-/m0/s1. The lowest BCUT2D eigenvalue weighted by atomic mass is 10.0. The molecule has 0 bridgehead atoms. The van der Waals surface area contributed by atoms with Crippen LogP contribution >= 0.6 is 0 Å². The highest BCUT2D eigenvalue weighted by Crippen LogP contribution is 2.17. The van der Waals surface area contributed by atoms with Gasteiger partial charge in [0.05, 0.1) is 6.04 Å². The van der Waals surface area contributed by atoms with E-state index in [0.29, 0.717) is 32.4 Å². The number of nitrogens with one attached hydrogen (secondary N) is 1. The van der Waals surface area contributed by atoms with E-state index in [1.807, 2.05) is 66.7 Å². The number of carbonyl (C=O) groups is 2. The van der Waals surface area contributed by atoms with E-state index in [2.05, 4.69) is 11.4 Å². The molecule has 2 amide bonds. The average Bonchev–Trinajstić information content (AvgIpc) is 2.82. The Kier molecular flexibility index (Phi) is 8.36. The Morgan fingerprint density at radius 2 is 1.62 bits per heavy atom. The third-order valence-corrected chi connectivity index (χ3v) is 5.70. The summed E-state index contributed by atoms with van der Waals surface area (Å²) in [5.74, 6) is -0.453. The Morgan fingerprint density at radius 3 is 2.34 bits per heavy atom. The summed E-state index contributed by atoms with van der Waals surface area (Å²) in [7, 11) is 1.64. The SMILES string of the molecule is CN(C(=O)[C@@H](N)Cc1ccc2ccccc2c1)[C@@H](CCCN)C(=O)NCc1ccccc1. The maximum absolute atomic E-state index is 13.1. The van der Waals surface area contributed by atoms with Gasteiger partial charge in [0, 0.05) is 13.6 Å². The van der Waals surface area contributed by atoms with Crippen molar-refractivity contribution in [3.63, 3.8) is 0 Å². The number of benzene rings is 3. The van der Waals surface area contributed by atoms with Crippen LogP contribution in [-0.4, -0.2) is 42.4 Å². The van der Waals surface area contributed by atoms with Crippen molar-refractivity contribution in [2.75, 3.05) is 13.6 Å². The third kappa shape index (κ3) is 6.15. The first-order valence-corrected chi connectivity index (χ1v) is 11.0. The fraction of sp³-hybridized carbons (Fsp3) is 0.308. The van der Waals surface area contributed by atoms with Crippen molar-refractivity contribution >= 4 is 22.6 Å². The Morgan fingerprint density at radius 1 is 0.938 bits per heavy atom. The van der Waals surface area contributed by atoms with Gasteiger partial charge in [-0.2, -0.15) is 0 Å². The molecule has 0 saturated heterocycles. The minimum absolute atomic E-state index is 0.198. The molecule has 0 spiro atoms. The van der Waals surface area contributed by atoms with Crippen LogP contribution < -0.4 is 16.8 Å². The van der Waals surface area contributed by atoms with Crippen molar-refractivity contribution in [1.29, 1.82) is 0 Å². The maximum atomic E-state index is 13.1. The van der Waals surface area contributed by atoms with Crippen LogP contribution in [-0.2, 0) is 22.6 Å². The Hall–Kier alpha value is -3.22. The zero-order chi connectivity index (χ0) is 22.9. The molecule has 5 N–H and O–H groups in total. The predicted molar refractivity (Wildman–Crippen MR) is 129 cm³/mol. The number of rotatable bonds is 10. The summed E-state index contributed by atoms with van der Waals surface area (Å²) in [6.45, 7) is 0.859. The average molecular weight is 433 g/mol. The molecule has 0 heterocycles. The monoisotopic (exact) mass is 432 g/mol. The first-order chi connectivity index (χ1) is 15.5. The number of fused-ring (bicyclic) bond motifs is 1. The van der Waals surface area contributed by atoms with Gasteiger partial charge in [-0.05, 0) is 47.7 Å². The molecule has 3 aromatic rings. The Balaban J connectivity index is 1.65. The van der Waals surface area contributed by atoms with E-state index in [9.17, 15) is 9.59 Å². The van der Waals surface area contributed by atoms with E-state index >= 15 is 0 Å². The minimum atomic E-state index is -0.733. The van der Waals surface area contributed by atoms with E-state index in [1.165, 1.54) is 4.90 Å². The van der Waals surface area contributed by atoms with Gasteiger partial charge in [-0.15, -0.1) is 0 Å². The summed E-state index contributed by atoms with van der Waals surface area (Å²) in [6, 6.07) is 22.5. The zero-order valence-corrected chi connectivity index (χ0v) is 18.5. The van der Waals surface area contributed by atoms with Gasteiger partial charge in [0.2, 0.25) is 11.8 Å². The summed E-state index contributed by atoms with van der Waals surface area (Å²) < 4.78 is 0. The second-order valence-electron chi connectivity index (χ2n) is 8.09. The van der Waals surface area contributed by atoms with Crippen molar-refractivity contribution in [1.82, 2.24) is 10.2 Å². The lowest BCUT2D eigenvalue weighted by Gasteiger charge is -2.29. The number of amides is 2. The van der Waals surface area contributed by atoms with E-state index in [4.69, 9.17) is 11.5 Å². The van der Waals surface area contributed by atoms with Crippen molar-refractivity contribution in [2.45, 2.75) is 37.9 Å². The normalized spacial score (nSPS) is 12.8. The summed E-state index contributed by atoms with van der Waals surface area (Å²) in [4.78, 5) is 27.5. The maximum Gasteiger partial charge on any atom is 0.243 e. The van der Waals surface area contributed by atoms with Crippen LogP contribution in [0, 0.1) is 0 Å². The molecule has 3 rings (SSSR count). The van der Waals surface area contributed by atoms with Crippen LogP contribution in [0.5, 0.6) is 0 Å². The van der Waals surface area contributed by atoms with Gasteiger partial charge in [-0.25, -0.2) is 0 Å². The summed E-state index contributed by atoms with van der Waals surface area (Å²) in [5.41, 5.74) is 13.9. The lowest BCUT2D eigenvalue weighted by Crippen LogP contribution is -2.52. The molecule has 32 heavy (non-hydrogen) atoms. The first kappa shape index (κ1) is 23.4. The zero-order valence-electron chi connectivity index (χ0n) is 18.5. The third-order valence-electron chi connectivity index (χ3n) is 5.70. The molecule has 0 saturated carbocycles. The van der Waals surface area contributed by atoms with Crippen molar-refractivity contribution < 1.29 is 9.59 Å². The van der Waals surface area contributed by atoms with Gasteiger partial charge < -0.3 is 21.7 Å². The van der Waals surface area contributed by atoms with E-state index in [-0.39, 0.29) is 11.8 Å². The molecular formula is C26H32N4O2. The Bertz CT molecular complexity index is 1040. The van der Waals surface area contributed by atoms with Crippen LogP contribution in [0.25, 0.3) is 10.8 Å². The second kappa shape index (κ2) is 11.4. The van der Waals surface area contributed by atoms with Crippen LogP contribution in [0.15, 0.2) is 72.8 Å². The predicted octanol–water partition coefficient (Wildman–Crippen LogP) is 2.59. The highest BCUT2D eigenvalue weighted by Gasteiger charge is 2.29. The quantitative estimate of drug-likeness (QED) is 0.458. The minimum Gasteiger partial charge on any atom is -0.350 e. The molecule has 168 valence electrons. The first-order valence-electron chi connectivity index (χ1n) is 11.0. The molecule has 0 aliphatic heterocycles. The lowest BCUT2D eigenvalue weighted by molar-refractivity contribution is -0.140. The fourth-order valence-electron chi connectivity index (χ4n) is 3.84. The van der Waals surface area contributed by atoms with Crippen molar-refractivity contribution in [2.24, 2.45) is 11.5 Å². The van der Waals surface area contributed by atoms with E-state index < -0.39 is 12.1 Å². The number of nitrogens with zero attached hydrogens (tertiary/aromatic N) is 1. The van der Waals surface area contributed by atoms with Gasteiger partial charge in [0.1, 0.15) is 6.04 Å². The number of likely N-dealkylation sites (N-methyl/N-ethyl adjacent to an activating group) is 1. The van der Waals surface area contributed by atoms with Gasteiger partial charge in [-0.3, -0.25) is 9.59 Å². The van der Waals surface area contributed by atoms with Crippen molar-refractivity contribution in [3.8, 4) is 0 Å². The van der Waals surface area contributed by atoms with Crippen LogP contribution in [0.4, 0.5) is 0 Å². The van der Waals surface area contributed by atoms with Crippen molar-refractivity contribution in [3.05, 3.63) is 83.9 Å². The van der Waals surface area contributed by atoms with Gasteiger partial charge in [-0.1, -0.05) is 72.8 Å². The van der Waals surface area contributed by atoms with Crippen LogP contribution in [0.3, 0.4) is 0 Å². The topological polar surface area (TPSA) is 101 Å². The number of hydrogen-bond acceptors (Lipinski definition) is 4. The smallest absolute Gasteiger partial charge is 0.243 e. The highest BCUT2D eigenvalue weighted by atomic mass is 16.2. The van der Waals surface area contributed by atoms with Crippen LogP contribution in [0.2, 0.25) is 0 Å². The molecule has 0 aromatic heterocycles. The number of carbonyl (C=O) groups excluding carboxylic acids is 2. The summed E-state index contributed by atoms with van der Waals surface area (Å²) in [6.07, 6.45) is 1.53. The van der Waals surface area contributed by atoms with Gasteiger partial charge in [0.15, 0.2) is 0 Å². The molecule has 0 radical (unpaired) electrons. The molecule has 0 aliphatic carbocycles. The molecule has 3 aromatic carbocycles. The summed E-state index contributed by atoms with van der Waals surface area (Å²) in [5, 5.41) is 5.19. The Labute approximate surface area is 189 Å². The fourth-order valence-corrected chi connectivity index (χ4v) is 3.84. The van der Waals surface area contributed by atoms with Gasteiger partial charge >= 0.3 is 0 Å². The molecular weight excluding hydrogens is 400 g/mol. The molecule has 0 unspecified atom stereocenters. The molecule has 0 aliphatic rings. The van der Waals surface area contributed by atoms with Crippen LogP contribution in [0.1, 0.15) is 24.0 Å². The van der Waals surface area contributed by atoms with Gasteiger partial charge in [0.25, 0.3) is 0 Å². The highest BCUT2D eigenvalue weighted by molar-refractivity contribution is 5.90.